The minimum atomic E-state index is -2.94. The molecular weight excluding hydrogens is 394 g/mol. The Morgan fingerprint density at radius 1 is 1.29 bits per heavy atom. The van der Waals surface area contributed by atoms with Crippen LogP contribution in [0.4, 0.5) is 0 Å². The molecule has 0 N–H and O–H groups in total. The molecule has 8 heteroatoms. The van der Waals surface area contributed by atoms with Crippen molar-refractivity contribution >= 4 is 22.1 Å². The maximum Gasteiger partial charge on any atom is 0.288 e. The lowest BCUT2D eigenvalue weighted by Crippen LogP contribution is -2.38. The summed E-state index contributed by atoms with van der Waals surface area (Å²) in [6, 6.07) is 8.18. The van der Waals surface area contributed by atoms with E-state index in [1.165, 1.54) is 5.56 Å². The minimum Gasteiger partial charge on any atom is -0.409 e. The quantitative estimate of drug-likeness (QED) is 0.654. The number of rotatable bonds is 6. The highest BCUT2D eigenvalue weighted by molar-refractivity contribution is 7.91. The fourth-order valence-corrected chi connectivity index (χ4v) is 5.46. The van der Waals surface area contributed by atoms with Gasteiger partial charge in [0.15, 0.2) is 9.84 Å². The van der Waals surface area contributed by atoms with Gasteiger partial charge in [0.05, 0.1) is 18.2 Å². The number of aromatic nitrogens is 2. The molecule has 0 saturated carbocycles. The third kappa shape index (κ3) is 4.90. The van der Waals surface area contributed by atoms with Crippen molar-refractivity contribution in [1.82, 2.24) is 14.7 Å². The molecule has 1 saturated heterocycles. The van der Waals surface area contributed by atoms with E-state index < -0.39 is 9.84 Å². The highest BCUT2D eigenvalue weighted by atomic mass is 32.2. The van der Waals surface area contributed by atoms with E-state index in [4.69, 9.17) is 16.6 Å². The van der Waals surface area contributed by atoms with Gasteiger partial charge in [0.2, 0.25) is 5.89 Å². The molecule has 2 heterocycles. The Kier molecular flexibility index (Phi) is 6.12. The molecule has 2 aromatic rings. The SMILES string of the molecule is CCCN(Cn1nc(-c2ccc(C(C)(C)C)cc2)oc1=S)[C@H]1CCS(=O)(=O)C1. The number of benzene rings is 1. The van der Waals surface area contributed by atoms with Crippen molar-refractivity contribution in [2.75, 3.05) is 18.1 Å². The predicted molar refractivity (Wildman–Crippen MR) is 114 cm³/mol. The van der Waals surface area contributed by atoms with Gasteiger partial charge >= 0.3 is 0 Å². The van der Waals surface area contributed by atoms with E-state index in [1.807, 2.05) is 12.1 Å². The molecule has 1 aliphatic heterocycles. The first-order valence-electron chi connectivity index (χ1n) is 9.72. The maximum absolute atomic E-state index is 11.9. The summed E-state index contributed by atoms with van der Waals surface area (Å²) in [4.78, 5) is 2.45. The molecule has 1 aromatic heterocycles. The van der Waals surface area contributed by atoms with Crippen molar-refractivity contribution in [1.29, 1.82) is 0 Å². The average molecular weight is 424 g/mol. The molecular formula is C20H29N3O3S2. The fourth-order valence-electron chi connectivity index (χ4n) is 3.52. The van der Waals surface area contributed by atoms with E-state index in [1.54, 1.807) is 4.68 Å². The zero-order valence-corrected chi connectivity index (χ0v) is 18.6. The highest BCUT2D eigenvalue weighted by Crippen LogP contribution is 2.26. The van der Waals surface area contributed by atoms with Crippen molar-refractivity contribution in [2.24, 2.45) is 0 Å². The van der Waals surface area contributed by atoms with Crippen molar-refractivity contribution in [3.05, 3.63) is 34.7 Å². The van der Waals surface area contributed by atoms with Crippen LogP contribution in [0.2, 0.25) is 0 Å². The summed E-state index contributed by atoms with van der Waals surface area (Å²) in [6.45, 7) is 9.84. The van der Waals surface area contributed by atoms with Crippen LogP contribution in [0.3, 0.4) is 0 Å². The van der Waals surface area contributed by atoms with E-state index in [9.17, 15) is 8.42 Å². The van der Waals surface area contributed by atoms with Gasteiger partial charge < -0.3 is 4.42 Å². The first-order valence-corrected chi connectivity index (χ1v) is 12.0. The first kappa shape index (κ1) is 21.2. The number of hydrogen-bond acceptors (Lipinski definition) is 6. The third-order valence-corrected chi connectivity index (χ3v) is 7.20. The summed E-state index contributed by atoms with van der Waals surface area (Å²) in [6.07, 6.45) is 1.59. The summed E-state index contributed by atoms with van der Waals surface area (Å²) in [5, 5.41) is 4.56. The van der Waals surface area contributed by atoms with Crippen LogP contribution in [-0.2, 0) is 21.9 Å². The molecule has 1 atom stereocenters. The van der Waals surface area contributed by atoms with Crippen molar-refractivity contribution in [3.8, 4) is 11.5 Å². The molecule has 0 amide bonds. The molecule has 3 rings (SSSR count). The van der Waals surface area contributed by atoms with Gasteiger partial charge in [0, 0.05) is 11.6 Å². The van der Waals surface area contributed by atoms with Gasteiger partial charge in [0.25, 0.3) is 4.84 Å². The van der Waals surface area contributed by atoms with E-state index >= 15 is 0 Å². The van der Waals surface area contributed by atoms with Crippen LogP contribution in [0.15, 0.2) is 28.7 Å². The standard InChI is InChI=1S/C20H29N3O3S2/c1-5-11-22(17-10-12-28(24,25)13-17)14-23-19(27)26-18(21-23)15-6-8-16(9-7-15)20(2,3)4/h6-9,17H,5,10-14H2,1-4H3/t17-/m0/s1. The second kappa shape index (κ2) is 8.08. The molecule has 6 nitrogen and oxygen atoms in total. The Morgan fingerprint density at radius 3 is 2.50 bits per heavy atom. The monoisotopic (exact) mass is 423 g/mol. The molecule has 0 unspecified atom stereocenters. The van der Waals surface area contributed by atoms with E-state index in [0.717, 1.165) is 18.5 Å². The summed E-state index contributed by atoms with van der Waals surface area (Å²) < 4.78 is 31.1. The second-order valence-electron chi connectivity index (χ2n) is 8.51. The minimum absolute atomic E-state index is 0.0121. The lowest BCUT2D eigenvalue weighted by Gasteiger charge is -2.26. The summed E-state index contributed by atoms with van der Waals surface area (Å²) in [5.74, 6) is 0.952. The van der Waals surface area contributed by atoms with Crippen molar-refractivity contribution in [3.63, 3.8) is 0 Å². The molecule has 154 valence electrons. The first-order chi connectivity index (χ1) is 13.1. The summed E-state index contributed by atoms with van der Waals surface area (Å²) in [7, 11) is -2.94. The van der Waals surface area contributed by atoms with Gasteiger partial charge in [-0.05, 0) is 54.7 Å². The zero-order chi connectivity index (χ0) is 20.5. The lowest BCUT2D eigenvalue weighted by molar-refractivity contribution is 0.153. The molecule has 1 fully saturated rings. The third-order valence-electron chi connectivity index (χ3n) is 5.16. The number of sulfone groups is 1. The molecule has 0 aliphatic carbocycles. The molecule has 0 bridgehead atoms. The van der Waals surface area contributed by atoms with Gasteiger partial charge in [0.1, 0.15) is 0 Å². The van der Waals surface area contributed by atoms with E-state index in [0.29, 0.717) is 23.8 Å². The van der Waals surface area contributed by atoms with Crippen LogP contribution >= 0.6 is 12.2 Å². The van der Waals surface area contributed by atoms with Gasteiger partial charge in [-0.1, -0.05) is 39.8 Å². The average Bonchev–Trinajstić information content (AvgIpc) is 3.16. The Balaban J connectivity index is 1.80. The predicted octanol–water partition coefficient (Wildman–Crippen LogP) is 4.03. The van der Waals surface area contributed by atoms with Gasteiger partial charge in [-0.25, -0.2) is 13.1 Å². The van der Waals surface area contributed by atoms with Crippen molar-refractivity contribution < 1.29 is 12.8 Å². The summed E-state index contributed by atoms with van der Waals surface area (Å²) in [5.41, 5.74) is 2.20. The van der Waals surface area contributed by atoms with Gasteiger partial charge in [-0.3, -0.25) is 4.90 Å². The van der Waals surface area contributed by atoms with Crippen LogP contribution in [0.5, 0.6) is 0 Å². The summed E-state index contributed by atoms with van der Waals surface area (Å²) >= 11 is 5.37. The molecule has 1 aromatic carbocycles. The topological polar surface area (TPSA) is 68.3 Å². The van der Waals surface area contributed by atoms with Gasteiger partial charge in [-0.15, -0.1) is 5.10 Å². The van der Waals surface area contributed by atoms with E-state index in [2.05, 4.69) is 49.8 Å². The zero-order valence-electron chi connectivity index (χ0n) is 17.0. The fraction of sp³-hybridized carbons (Fsp3) is 0.600. The Morgan fingerprint density at radius 2 is 1.96 bits per heavy atom. The molecule has 0 spiro atoms. The lowest BCUT2D eigenvalue weighted by atomic mass is 9.87. The molecule has 28 heavy (non-hydrogen) atoms. The maximum atomic E-state index is 11.9. The number of hydrogen-bond donors (Lipinski definition) is 0. The van der Waals surface area contributed by atoms with Crippen LogP contribution < -0.4 is 0 Å². The highest BCUT2D eigenvalue weighted by Gasteiger charge is 2.32. The largest absolute Gasteiger partial charge is 0.409 e. The Hall–Kier alpha value is -1.51. The van der Waals surface area contributed by atoms with Gasteiger partial charge in [-0.2, -0.15) is 0 Å². The van der Waals surface area contributed by atoms with Crippen LogP contribution in [0.1, 0.15) is 46.1 Å². The Bertz CT molecular complexity index is 969. The normalized spacial score (nSPS) is 19.4. The van der Waals surface area contributed by atoms with Crippen LogP contribution in [0, 0.1) is 4.84 Å². The smallest absolute Gasteiger partial charge is 0.288 e. The Labute approximate surface area is 172 Å². The van der Waals surface area contributed by atoms with Crippen LogP contribution in [0.25, 0.3) is 11.5 Å². The number of nitrogens with zero attached hydrogens (tertiary/aromatic N) is 3. The molecule has 0 radical (unpaired) electrons. The van der Waals surface area contributed by atoms with E-state index in [-0.39, 0.29) is 23.0 Å². The van der Waals surface area contributed by atoms with Crippen molar-refractivity contribution in [2.45, 2.75) is 58.7 Å². The molecule has 1 aliphatic rings. The van der Waals surface area contributed by atoms with Crippen LogP contribution in [-0.4, -0.2) is 47.2 Å². The second-order valence-corrected chi connectivity index (χ2v) is 11.1.